The third kappa shape index (κ3) is 5.98. The number of amides is 1. The van der Waals surface area contributed by atoms with Crippen LogP contribution in [0.4, 0.5) is 5.69 Å². The van der Waals surface area contributed by atoms with Crippen LogP contribution in [0.15, 0.2) is 42.6 Å². The molecule has 0 aliphatic rings. The van der Waals surface area contributed by atoms with Gasteiger partial charge >= 0.3 is 0 Å². The van der Waals surface area contributed by atoms with E-state index in [0.29, 0.717) is 22.2 Å². The minimum absolute atomic E-state index is 0.00352. The van der Waals surface area contributed by atoms with E-state index < -0.39 is 10.0 Å². The minimum Gasteiger partial charge on any atom is -0.495 e. The van der Waals surface area contributed by atoms with Gasteiger partial charge in [0.15, 0.2) is 0 Å². The summed E-state index contributed by atoms with van der Waals surface area (Å²) in [5.41, 5.74) is 1.12. The molecule has 2 aromatic rings. The second-order valence-corrected chi connectivity index (χ2v) is 7.95. The lowest BCUT2D eigenvalue weighted by Gasteiger charge is -2.19. The highest BCUT2D eigenvalue weighted by atomic mass is 35.5. The number of hydrogen-bond donors (Lipinski definition) is 1. The van der Waals surface area contributed by atoms with Gasteiger partial charge in [0.05, 0.1) is 30.6 Å². The second kappa shape index (κ2) is 8.98. The molecule has 0 atom stereocenters. The Morgan fingerprint density at radius 2 is 2.08 bits per heavy atom. The number of carbonyl (C=O) groups is 1. The lowest BCUT2D eigenvalue weighted by atomic mass is 10.3. The van der Waals surface area contributed by atoms with Crippen LogP contribution < -0.4 is 10.1 Å². The molecule has 0 spiro atoms. The fraction of sp³-hybridized carbons (Fsp3) is 0.294. The van der Waals surface area contributed by atoms with Crippen molar-refractivity contribution in [3.63, 3.8) is 0 Å². The molecule has 0 fully saturated rings. The lowest BCUT2D eigenvalue weighted by Crippen LogP contribution is -2.32. The normalized spacial score (nSPS) is 11.4. The van der Waals surface area contributed by atoms with Crippen LogP contribution in [0.3, 0.4) is 0 Å². The zero-order valence-electron chi connectivity index (χ0n) is 14.5. The standard InChI is InChI=1S/C17H20ClN3O4S/c1-25-16-7-6-13(11-15(16)18)20-17(22)8-10-21(26(2,23)24)12-14-5-3-4-9-19-14/h3-7,9,11H,8,10,12H2,1-2H3,(H,20,22). The topological polar surface area (TPSA) is 88.6 Å². The predicted molar refractivity (Wildman–Crippen MR) is 101 cm³/mol. The summed E-state index contributed by atoms with van der Waals surface area (Å²) >= 11 is 6.02. The van der Waals surface area contributed by atoms with Crippen molar-refractivity contribution in [1.82, 2.24) is 9.29 Å². The molecule has 1 aromatic carbocycles. The number of nitrogens with one attached hydrogen (secondary N) is 1. The van der Waals surface area contributed by atoms with Crippen LogP contribution in [-0.4, -0.2) is 43.5 Å². The summed E-state index contributed by atoms with van der Waals surface area (Å²) in [5.74, 6) is 0.184. The van der Waals surface area contributed by atoms with Gasteiger partial charge in [-0.05, 0) is 30.3 Å². The number of rotatable bonds is 8. The van der Waals surface area contributed by atoms with Crippen molar-refractivity contribution in [2.24, 2.45) is 0 Å². The molecular weight excluding hydrogens is 378 g/mol. The van der Waals surface area contributed by atoms with Crippen LogP contribution >= 0.6 is 11.6 Å². The van der Waals surface area contributed by atoms with Crippen LogP contribution in [0.2, 0.25) is 5.02 Å². The zero-order chi connectivity index (χ0) is 19.2. The summed E-state index contributed by atoms with van der Waals surface area (Å²) in [4.78, 5) is 16.3. The molecule has 9 heteroatoms. The molecule has 1 amide bonds. The van der Waals surface area contributed by atoms with Crippen LogP contribution in [0, 0.1) is 0 Å². The Kier molecular flexibility index (Phi) is 6.96. The van der Waals surface area contributed by atoms with E-state index in [-0.39, 0.29) is 25.4 Å². The van der Waals surface area contributed by atoms with Gasteiger partial charge in [0.1, 0.15) is 5.75 Å². The SMILES string of the molecule is COc1ccc(NC(=O)CCN(Cc2ccccn2)S(C)(=O)=O)cc1Cl. The molecule has 1 heterocycles. The molecule has 0 bridgehead atoms. The van der Waals surface area contributed by atoms with Crippen molar-refractivity contribution in [2.45, 2.75) is 13.0 Å². The quantitative estimate of drug-likeness (QED) is 0.739. The number of methoxy groups -OCH3 is 1. The van der Waals surface area contributed by atoms with Crippen molar-refractivity contribution >= 4 is 33.2 Å². The number of aromatic nitrogens is 1. The highest BCUT2D eigenvalue weighted by molar-refractivity contribution is 7.88. The molecule has 1 N–H and O–H groups in total. The number of benzene rings is 1. The van der Waals surface area contributed by atoms with Crippen molar-refractivity contribution in [2.75, 3.05) is 25.2 Å². The number of pyridine rings is 1. The molecular formula is C17H20ClN3O4S. The van der Waals surface area contributed by atoms with Gasteiger partial charge in [-0.1, -0.05) is 17.7 Å². The number of carbonyl (C=O) groups excluding carboxylic acids is 1. The molecule has 1 aromatic heterocycles. The smallest absolute Gasteiger partial charge is 0.225 e. The zero-order valence-corrected chi connectivity index (χ0v) is 16.0. The first-order valence-electron chi connectivity index (χ1n) is 7.78. The first-order chi connectivity index (χ1) is 12.3. The van der Waals surface area contributed by atoms with Gasteiger partial charge in [-0.25, -0.2) is 8.42 Å². The summed E-state index contributed by atoms with van der Waals surface area (Å²) in [6.07, 6.45) is 2.70. The van der Waals surface area contributed by atoms with Crippen molar-refractivity contribution in [3.05, 3.63) is 53.3 Å². The Balaban J connectivity index is 1.97. The fourth-order valence-corrected chi connectivity index (χ4v) is 3.28. The number of ether oxygens (including phenoxy) is 1. The summed E-state index contributed by atoms with van der Waals surface area (Å²) < 4.78 is 30.2. The third-order valence-corrected chi connectivity index (χ3v) is 5.10. The van der Waals surface area contributed by atoms with Crippen molar-refractivity contribution in [3.8, 4) is 5.75 Å². The Morgan fingerprint density at radius 1 is 1.31 bits per heavy atom. The molecule has 0 saturated carbocycles. The molecule has 0 aliphatic carbocycles. The molecule has 0 unspecified atom stereocenters. The van der Waals surface area contributed by atoms with Crippen LogP contribution in [0.25, 0.3) is 0 Å². The van der Waals surface area contributed by atoms with E-state index in [1.807, 2.05) is 0 Å². The van der Waals surface area contributed by atoms with Gasteiger partial charge < -0.3 is 10.1 Å². The van der Waals surface area contributed by atoms with Gasteiger partial charge in [-0.2, -0.15) is 4.31 Å². The van der Waals surface area contributed by atoms with E-state index in [0.717, 1.165) is 6.26 Å². The number of nitrogens with zero attached hydrogens (tertiary/aromatic N) is 2. The van der Waals surface area contributed by atoms with Gasteiger partial charge in [0, 0.05) is 24.8 Å². The van der Waals surface area contributed by atoms with E-state index in [9.17, 15) is 13.2 Å². The van der Waals surface area contributed by atoms with E-state index in [4.69, 9.17) is 16.3 Å². The van der Waals surface area contributed by atoms with E-state index in [2.05, 4.69) is 10.3 Å². The van der Waals surface area contributed by atoms with Crippen LogP contribution in [0.1, 0.15) is 12.1 Å². The highest BCUT2D eigenvalue weighted by Gasteiger charge is 2.19. The molecule has 0 saturated heterocycles. The Morgan fingerprint density at radius 3 is 2.65 bits per heavy atom. The lowest BCUT2D eigenvalue weighted by molar-refractivity contribution is -0.116. The molecule has 0 radical (unpaired) electrons. The second-order valence-electron chi connectivity index (χ2n) is 5.57. The van der Waals surface area contributed by atoms with Gasteiger partial charge in [-0.15, -0.1) is 0 Å². The highest BCUT2D eigenvalue weighted by Crippen LogP contribution is 2.27. The maximum atomic E-state index is 12.1. The molecule has 26 heavy (non-hydrogen) atoms. The number of anilines is 1. The number of halogens is 1. The van der Waals surface area contributed by atoms with Crippen molar-refractivity contribution < 1.29 is 17.9 Å². The summed E-state index contributed by atoms with van der Waals surface area (Å²) in [6.45, 7) is 0.159. The van der Waals surface area contributed by atoms with Crippen molar-refractivity contribution in [1.29, 1.82) is 0 Å². The molecule has 7 nitrogen and oxygen atoms in total. The predicted octanol–water partition coefficient (Wildman–Crippen LogP) is 2.53. The summed E-state index contributed by atoms with van der Waals surface area (Å²) in [7, 11) is -1.97. The van der Waals surface area contributed by atoms with E-state index >= 15 is 0 Å². The van der Waals surface area contributed by atoms with Gasteiger partial charge in [0.2, 0.25) is 15.9 Å². The average molecular weight is 398 g/mol. The maximum absolute atomic E-state index is 12.1. The van der Waals surface area contributed by atoms with E-state index in [1.54, 1.807) is 42.6 Å². The van der Waals surface area contributed by atoms with Crippen LogP contribution in [-0.2, 0) is 21.4 Å². The summed E-state index contributed by atoms with van der Waals surface area (Å²) in [6, 6.07) is 10.1. The fourth-order valence-electron chi connectivity index (χ4n) is 2.23. The first-order valence-corrected chi connectivity index (χ1v) is 10.0. The third-order valence-electron chi connectivity index (χ3n) is 3.56. The average Bonchev–Trinajstić information content (AvgIpc) is 2.58. The largest absolute Gasteiger partial charge is 0.495 e. The summed E-state index contributed by atoms with van der Waals surface area (Å²) in [5, 5.41) is 3.06. The first kappa shape index (κ1) is 20.2. The van der Waals surface area contributed by atoms with Crippen LogP contribution in [0.5, 0.6) is 5.75 Å². The maximum Gasteiger partial charge on any atom is 0.225 e. The minimum atomic E-state index is -3.47. The Labute approximate surface area is 158 Å². The monoisotopic (exact) mass is 397 g/mol. The Hall–Kier alpha value is -2.16. The van der Waals surface area contributed by atoms with E-state index in [1.165, 1.54) is 11.4 Å². The van der Waals surface area contributed by atoms with Gasteiger partial charge in [-0.3, -0.25) is 9.78 Å². The molecule has 0 aliphatic heterocycles. The number of hydrogen-bond acceptors (Lipinski definition) is 5. The molecule has 2 rings (SSSR count). The molecule has 140 valence electrons. The number of sulfonamides is 1. The van der Waals surface area contributed by atoms with Gasteiger partial charge in [0.25, 0.3) is 0 Å². The Bertz CT molecular complexity index is 860.